The molecule has 0 fully saturated rings. The van der Waals surface area contributed by atoms with Gasteiger partial charge >= 0.3 is 0 Å². The van der Waals surface area contributed by atoms with Crippen LogP contribution < -0.4 is 0 Å². The zero-order valence-corrected chi connectivity index (χ0v) is 9.66. The molecule has 1 aliphatic carbocycles. The molecule has 1 nitrogen and oxygen atoms in total. The van der Waals surface area contributed by atoms with Gasteiger partial charge in [0.1, 0.15) is 17.2 Å². The SMILES string of the molecule is OC1(c2cc(F)ccc2F)CCc2ccccc21. The van der Waals surface area contributed by atoms with Crippen LogP contribution >= 0.6 is 0 Å². The maximum atomic E-state index is 13.8. The molecule has 92 valence electrons. The number of hydrogen-bond acceptors (Lipinski definition) is 1. The molecule has 1 N–H and O–H groups in total. The highest BCUT2D eigenvalue weighted by molar-refractivity contribution is 5.45. The van der Waals surface area contributed by atoms with Crippen LogP contribution in [0.4, 0.5) is 8.78 Å². The lowest BCUT2D eigenvalue weighted by molar-refractivity contribution is 0.0785. The Kier molecular flexibility index (Phi) is 2.45. The van der Waals surface area contributed by atoms with Crippen LogP contribution in [0.2, 0.25) is 0 Å². The Morgan fingerprint density at radius 3 is 2.61 bits per heavy atom. The van der Waals surface area contributed by atoms with Crippen LogP contribution in [0, 0.1) is 11.6 Å². The summed E-state index contributed by atoms with van der Waals surface area (Å²) in [6.45, 7) is 0. The molecule has 0 aliphatic heterocycles. The van der Waals surface area contributed by atoms with E-state index in [0.717, 1.165) is 23.8 Å². The second-order valence-corrected chi connectivity index (χ2v) is 4.64. The summed E-state index contributed by atoms with van der Waals surface area (Å²) >= 11 is 0. The number of fused-ring (bicyclic) bond motifs is 1. The van der Waals surface area contributed by atoms with Gasteiger partial charge in [0.2, 0.25) is 0 Å². The van der Waals surface area contributed by atoms with E-state index in [9.17, 15) is 13.9 Å². The quantitative estimate of drug-likeness (QED) is 0.819. The van der Waals surface area contributed by atoms with Gasteiger partial charge in [-0.3, -0.25) is 0 Å². The Bertz CT molecular complexity index is 609. The van der Waals surface area contributed by atoms with Crippen LogP contribution in [-0.4, -0.2) is 5.11 Å². The van der Waals surface area contributed by atoms with Gasteiger partial charge in [-0.05, 0) is 42.2 Å². The predicted octanol–water partition coefficient (Wildman–Crippen LogP) is 3.15. The minimum absolute atomic E-state index is 0.0208. The van der Waals surface area contributed by atoms with E-state index in [1.54, 1.807) is 12.1 Å². The highest BCUT2D eigenvalue weighted by Gasteiger charge is 2.40. The Hall–Kier alpha value is -1.74. The lowest BCUT2D eigenvalue weighted by Crippen LogP contribution is -2.25. The summed E-state index contributed by atoms with van der Waals surface area (Å²) in [6.07, 6.45) is 1.05. The smallest absolute Gasteiger partial charge is 0.129 e. The third-order valence-electron chi connectivity index (χ3n) is 3.59. The maximum absolute atomic E-state index is 13.8. The summed E-state index contributed by atoms with van der Waals surface area (Å²) in [5.74, 6) is -1.11. The molecule has 1 atom stereocenters. The highest BCUT2D eigenvalue weighted by Crippen LogP contribution is 2.42. The molecule has 1 aliphatic rings. The zero-order valence-electron chi connectivity index (χ0n) is 9.66. The number of aliphatic hydroxyl groups is 1. The molecule has 0 bridgehead atoms. The van der Waals surface area contributed by atoms with Gasteiger partial charge in [-0.1, -0.05) is 24.3 Å². The van der Waals surface area contributed by atoms with Crippen molar-refractivity contribution in [2.45, 2.75) is 18.4 Å². The third-order valence-corrected chi connectivity index (χ3v) is 3.59. The average Bonchev–Trinajstić information content (AvgIpc) is 2.72. The molecule has 2 aromatic carbocycles. The van der Waals surface area contributed by atoms with E-state index in [4.69, 9.17) is 0 Å². The van der Waals surface area contributed by atoms with Crippen LogP contribution in [0.3, 0.4) is 0 Å². The molecule has 18 heavy (non-hydrogen) atoms. The maximum Gasteiger partial charge on any atom is 0.129 e. The van der Waals surface area contributed by atoms with E-state index in [2.05, 4.69) is 0 Å². The summed E-state index contributed by atoms with van der Waals surface area (Å²) in [7, 11) is 0. The summed E-state index contributed by atoms with van der Waals surface area (Å²) in [4.78, 5) is 0. The summed E-state index contributed by atoms with van der Waals surface area (Å²) < 4.78 is 27.1. The van der Waals surface area contributed by atoms with Crippen molar-refractivity contribution in [3.63, 3.8) is 0 Å². The first kappa shape index (κ1) is 11.4. The molecule has 1 unspecified atom stereocenters. The van der Waals surface area contributed by atoms with E-state index in [0.29, 0.717) is 18.4 Å². The molecule has 3 rings (SSSR count). The van der Waals surface area contributed by atoms with Gasteiger partial charge in [0.05, 0.1) is 0 Å². The Labute approximate surface area is 104 Å². The standard InChI is InChI=1S/C15H12F2O/c16-11-5-6-14(17)13(9-11)15(18)8-7-10-3-1-2-4-12(10)15/h1-6,9,18H,7-8H2. The van der Waals surface area contributed by atoms with Crippen molar-refractivity contribution in [2.75, 3.05) is 0 Å². The number of hydrogen-bond donors (Lipinski definition) is 1. The normalized spacial score (nSPS) is 21.9. The molecule has 0 aromatic heterocycles. The summed E-state index contributed by atoms with van der Waals surface area (Å²) in [5.41, 5.74) is 0.272. The minimum atomic E-state index is -1.41. The van der Waals surface area contributed by atoms with Crippen molar-refractivity contribution in [1.82, 2.24) is 0 Å². The Morgan fingerprint density at radius 1 is 1.00 bits per heavy atom. The van der Waals surface area contributed by atoms with Gasteiger partial charge < -0.3 is 5.11 Å². The largest absolute Gasteiger partial charge is 0.380 e. The molecule has 2 aromatic rings. The van der Waals surface area contributed by atoms with Crippen LogP contribution in [0.25, 0.3) is 0 Å². The second-order valence-electron chi connectivity index (χ2n) is 4.64. The fourth-order valence-electron chi connectivity index (χ4n) is 2.69. The van der Waals surface area contributed by atoms with E-state index in [1.165, 1.54) is 0 Å². The van der Waals surface area contributed by atoms with Crippen molar-refractivity contribution in [3.05, 3.63) is 70.8 Å². The van der Waals surface area contributed by atoms with Crippen LogP contribution in [0.1, 0.15) is 23.1 Å². The number of aryl methyl sites for hydroxylation is 1. The topological polar surface area (TPSA) is 20.2 Å². The fraction of sp³-hybridized carbons (Fsp3) is 0.200. The van der Waals surface area contributed by atoms with Crippen molar-refractivity contribution in [2.24, 2.45) is 0 Å². The van der Waals surface area contributed by atoms with Gasteiger partial charge in [-0.25, -0.2) is 8.78 Å². The monoisotopic (exact) mass is 246 g/mol. The van der Waals surface area contributed by atoms with Crippen LogP contribution in [0.15, 0.2) is 42.5 Å². The highest BCUT2D eigenvalue weighted by atomic mass is 19.1. The lowest BCUT2D eigenvalue weighted by atomic mass is 9.87. The number of halogens is 2. The van der Waals surface area contributed by atoms with Gasteiger partial charge in [0.15, 0.2) is 0 Å². The molecule has 0 heterocycles. The van der Waals surface area contributed by atoms with Crippen LogP contribution in [0.5, 0.6) is 0 Å². The van der Waals surface area contributed by atoms with Crippen LogP contribution in [-0.2, 0) is 12.0 Å². The first-order chi connectivity index (χ1) is 8.61. The molecular weight excluding hydrogens is 234 g/mol. The average molecular weight is 246 g/mol. The van der Waals surface area contributed by atoms with Gasteiger partial charge in [-0.2, -0.15) is 0 Å². The molecule has 0 amide bonds. The van der Waals surface area contributed by atoms with E-state index in [-0.39, 0.29) is 5.56 Å². The Balaban J connectivity index is 2.20. The predicted molar refractivity (Wildman–Crippen MR) is 64.1 cm³/mol. The van der Waals surface area contributed by atoms with E-state index >= 15 is 0 Å². The van der Waals surface area contributed by atoms with Crippen molar-refractivity contribution < 1.29 is 13.9 Å². The second kappa shape index (κ2) is 3.89. The van der Waals surface area contributed by atoms with Crippen molar-refractivity contribution >= 4 is 0 Å². The first-order valence-electron chi connectivity index (χ1n) is 5.87. The van der Waals surface area contributed by atoms with Gasteiger partial charge in [-0.15, -0.1) is 0 Å². The van der Waals surface area contributed by atoms with Gasteiger partial charge in [0, 0.05) is 5.56 Å². The number of rotatable bonds is 1. The summed E-state index contributed by atoms with van der Waals surface area (Å²) in [5, 5.41) is 10.7. The van der Waals surface area contributed by atoms with Crippen molar-refractivity contribution in [3.8, 4) is 0 Å². The molecular formula is C15H12F2O. The first-order valence-corrected chi connectivity index (χ1v) is 5.87. The summed E-state index contributed by atoms with van der Waals surface area (Å²) in [6, 6.07) is 10.6. The molecule has 0 spiro atoms. The van der Waals surface area contributed by atoms with Gasteiger partial charge in [0.25, 0.3) is 0 Å². The molecule has 0 saturated heterocycles. The third kappa shape index (κ3) is 1.55. The fourth-order valence-corrected chi connectivity index (χ4v) is 2.69. The lowest BCUT2D eigenvalue weighted by Gasteiger charge is -2.25. The molecule has 0 radical (unpaired) electrons. The van der Waals surface area contributed by atoms with E-state index in [1.807, 2.05) is 12.1 Å². The van der Waals surface area contributed by atoms with Crippen molar-refractivity contribution in [1.29, 1.82) is 0 Å². The minimum Gasteiger partial charge on any atom is -0.380 e. The molecule has 0 saturated carbocycles. The van der Waals surface area contributed by atoms with E-state index < -0.39 is 17.2 Å². The number of benzene rings is 2. The Morgan fingerprint density at radius 2 is 1.78 bits per heavy atom. The zero-order chi connectivity index (χ0) is 12.8. The molecule has 3 heteroatoms.